The highest BCUT2D eigenvalue weighted by Crippen LogP contribution is 2.38. The number of carbonyl (C=O) groups excluding carboxylic acids is 1. The molecule has 1 amide bonds. The molecule has 0 spiro atoms. The molecule has 0 aromatic carbocycles. The van der Waals surface area contributed by atoms with E-state index >= 15 is 0 Å². The van der Waals surface area contributed by atoms with Crippen molar-refractivity contribution in [2.45, 2.75) is 45.3 Å². The van der Waals surface area contributed by atoms with Gasteiger partial charge in [-0.15, -0.1) is 11.6 Å². The van der Waals surface area contributed by atoms with Crippen molar-refractivity contribution in [3.63, 3.8) is 0 Å². The minimum absolute atomic E-state index is 0.168. The molecule has 2 rings (SSSR count). The molecule has 4 nitrogen and oxygen atoms in total. The molecular formula is C13H23ClN2O2. The number of nitrogens with zero attached hydrogens (tertiary/aromatic N) is 1. The molecule has 1 N–H and O–H groups in total. The first-order chi connectivity index (χ1) is 8.39. The van der Waals surface area contributed by atoms with Crippen LogP contribution in [0.25, 0.3) is 0 Å². The number of hydrogen-bond acceptors (Lipinski definition) is 3. The minimum atomic E-state index is -0.405. The molecule has 1 unspecified atom stereocenters. The predicted molar refractivity (Wildman–Crippen MR) is 71.7 cm³/mol. The molecule has 1 saturated heterocycles. The van der Waals surface area contributed by atoms with Gasteiger partial charge in [0.15, 0.2) is 0 Å². The molecule has 1 heterocycles. The molecule has 104 valence electrons. The molecule has 2 fully saturated rings. The Morgan fingerprint density at radius 3 is 2.33 bits per heavy atom. The van der Waals surface area contributed by atoms with Crippen molar-refractivity contribution in [1.29, 1.82) is 0 Å². The van der Waals surface area contributed by atoms with Gasteiger partial charge in [0.05, 0.1) is 6.00 Å². The number of nitrogens with one attached hydrogen (secondary N) is 1. The van der Waals surface area contributed by atoms with E-state index in [0.29, 0.717) is 23.9 Å². The van der Waals surface area contributed by atoms with E-state index in [4.69, 9.17) is 16.3 Å². The van der Waals surface area contributed by atoms with Gasteiger partial charge in [0, 0.05) is 19.1 Å². The molecule has 18 heavy (non-hydrogen) atoms. The third-order valence-electron chi connectivity index (χ3n) is 3.77. The summed E-state index contributed by atoms with van der Waals surface area (Å²) < 4.78 is 5.41. The summed E-state index contributed by atoms with van der Waals surface area (Å²) >= 11 is 5.69. The van der Waals surface area contributed by atoms with E-state index in [1.165, 1.54) is 0 Å². The maximum atomic E-state index is 12.0. The molecule has 1 aliphatic heterocycles. The second-order valence-electron chi connectivity index (χ2n) is 6.41. The van der Waals surface area contributed by atoms with E-state index in [-0.39, 0.29) is 6.09 Å². The topological polar surface area (TPSA) is 41.6 Å². The minimum Gasteiger partial charge on any atom is -0.444 e. The van der Waals surface area contributed by atoms with Gasteiger partial charge in [0.2, 0.25) is 0 Å². The average molecular weight is 275 g/mol. The van der Waals surface area contributed by atoms with Gasteiger partial charge < -0.3 is 15.0 Å². The van der Waals surface area contributed by atoms with Gasteiger partial charge in [-0.1, -0.05) is 0 Å². The Balaban J connectivity index is 1.83. The highest BCUT2D eigenvalue weighted by atomic mass is 35.5. The van der Waals surface area contributed by atoms with Gasteiger partial charge in [0.1, 0.15) is 5.60 Å². The molecule has 0 aromatic rings. The SMILES string of the molecule is CC(C)(C)OC(=O)N1C[C@H]2CC(NCCl)C[C@H]2C1. The van der Waals surface area contributed by atoms with Crippen LogP contribution in [-0.4, -0.2) is 41.7 Å². The number of alkyl halides is 1. The lowest BCUT2D eigenvalue weighted by Gasteiger charge is -2.25. The van der Waals surface area contributed by atoms with Crippen LogP contribution in [0, 0.1) is 11.8 Å². The van der Waals surface area contributed by atoms with Gasteiger partial charge in [-0.3, -0.25) is 0 Å². The second-order valence-corrected chi connectivity index (χ2v) is 6.68. The molecule has 0 bridgehead atoms. The van der Waals surface area contributed by atoms with Gasteiger partial charge >= 0.3 is 6.09 Å². The smallest absolute Gasteiger partial charge is 0.410 e. The van der Waals surface area contributed by atoms with Crippen molar-refractivity contribution < 1.29 is 9.53 Å². The third kappa shape index (κ3) is 3.29. The normalized spacial score (nSPS) is 31.6. The fraction of sp³-hybridized carbons (Fsp3) is 0.923. The van der Waals surface area contributed by atoms with Crippen LogP contribution in [0.15, 0.2) is 0 Å². The summed E-state index contributed by atoms with van der Waals surface area (Å²) in [5.74, 6) is 1.22. The van der Waals surface area contributed by atoms with Gasteiger partial charge in [-0.25, -0.2) is 4.79 Å². The maximum absolute atomic E-state index is 12.0. The number of halogens is 1. The molecular weight excluding hydrogens is 252 g/mol. The van der Waals surface area contributed by atoms with E-state index in [1.54, 1.807) is 0 Å². The van der Waals surface area contributed by atoms with Gasteiger partial charge in [-0.2, -0.15) is 0 Å². The van der Waals surface area contributed by atoms with Crippen LogP contribution in [0.4, 0.5) is 4.79 Å². The first kappa shape index (κ1) is 13.9. The zero-order valence-electron chi connectivity index (χ0n) is 11.4. The number of ether oxygens (including phenoxy) is 1. The van der Waals surface area contributed by atoms with Crippen molar-refractivity contribution in [2.75, 3.05) is 19.1 Å². The third-order valence-corrected chi connectivity index (χ3v) is 3.92. The Kier molecular flexibility index (Phi) is 4.07. The highest BCUT2D eigenvalue weighted by Gasteiger charge is 2.43. The number of rotatable bonds is 2. The standard InChI is InChI=1S/C13H23ClN2O2/c1-13(2,3)18-12(17)16-6-9-4-11(15-8-14)5-10(9)7-16/h9-11,15H,4-8H2,1-3H3/t9-,10+,11?. The summed E-state index contributed by atoms with van der Waals surface area (Å²) in [4.78, 5) is 13.8. The lowest BCUT2D eigenvalue weighted by atomic mass is 10.0. The summed E-state index contributed by atoms with van der Waals surface area (Å²) in [6, 6.07) is 1.04. The van der Waals surface area contributed by atoms with Crippen LogP contribution < -0.4 is 5.32 Å². The van der Waals surface area contributed by atoms with Crippen LogP contribution in [0.2, 0.25) is 0 Å². The summed E-state index contributed by atoms with van der Waals surface area (Å²) in [6.45, 7) is 7.38. The number of fused-ring (bicyclic) bond motifs is 1. The zero-order valence-corrected chi connectivity index (χ0v) is 12.2. The summed E-state index contributed by atoms with van der Waals surface area (Å²) in [5.41, 5.74) is -0.405. The molecule has 3 atom stereocenters. The molecule has 1 aliphatic carbocycles. The van der Waals surface area contributed by atoms with E-state index in [2.05, 4.69) is 5.32 Å². The maximum Gasteiger partial charge on any atom is 0.410 e. The number of likely N-dealkylation sites (tertiary alicyclic amines) is 1. The zero-order chi connectivity index (χ0) is 13.3. The Labute approximate surface area is 114 Å². The fourth-order valence-corrected chi connectivity index (χ4v) is 3.27. The van der Waals surface area contributed by atoms with Crippen molar-refractivity contribution in [3.8, 4) is 0 Å². The molecule has 5 heteroatoms. The summed E-state index contributed by atoms with van der Waals surface area (Å²) in [7, 11) is 0. The van der Waals surface area contributed by atoms with E-state index in [9.17, 15) is 4.79 Å². The van der Waals surface area contributed by atoms with Crippen LogP contribution in [-0.2, 0) is 4.74 Å². The second kappa shape index (κ2) is 5.25. The van der Waals surface area contributed by atoms with Crippen molar-refractivity contribution >= 4 is 17.7 Å². The predicted octanol–water partition coefficient (Wildman–Crippen LogP) is 2.42. The van der Waals surface area contributed by atoms with Gasteiger partial charge in [-0.05, 0) is 45.4 Å². The molecule has 2 aliphatic rings. The van der Waals surface area contributed by atoms with Crippen molar-refractivity contribution in [1.82, 2.24) is 10.2 Å². The summed E-state index contributed by atoms with van der Waals surface area (Å²) in [5, 5.41) is 3.29. The Morgan fingerprint density at radius 2 is 1.89 bits per heavy atom. The van der Waals surface area contributed by atoms with E-state index in [0.717, 1.165) is 25.9 Å². The lowest BCUT2D eigenvalue weighted by Crippen LogP contribution is -2.37. The quantitative estimate of drug-likeness (QED) is 0.621. The molecule has 1 saturated carbocycles. The monoisotopic (exact) mass is 274 g/mol. The van der Waals surface area contributed by atoms with E-state index < -0.39 is 5.60 Å². The van der Waals surface area contributed by atoms with Crippen LogP contribution in [0.5, 0.6) is 0 Å². The van der Waals surface area contributed by atoms with Gasteiger partial charge in [0.25, 0.3) is 0 Å². The number of hydrogen-bond donors (Lipinski definition) is 1. The largest absolute Gasteiger partial charge is 0.444 e. The Bertz CT molecular complexity index is 303. The number of amides is 1. The Hall–Kier alpha value is -0.480. The fourth-order valence-electron chi connectivity index (χ4n) is 3.05. The van der Waals surface area contributed by atoms with E-state index in [1.807, 2.05) is 25.7 Å². The first-order valence-corrected chi connectivity index (χ1v) is 7.20. The molecule has 0 radical (unpaired) electrons. The van der Waals surface area contributed by atoms with Crippen molar-refractivity contribution in [2.24, 2.45) is 11.8 Å². The van der Waals surface area contributed by atoms with Crippen LogP contribution in [0.1, 0.15) is 33.6 Å². The highest BCUT2D eigenvalue weighted by molar-refractivity contribution is 6.17. The lowest BCUT2D eigenvalue weighted by molar-refractivity contribution is 0.0279. The summed E-state index contributed by atoms with van der Waals surface area (Å²) in [6.07, 6.45) is 2.08. The first-order valence-electron chi connectivity index (χ1n) is 6.66. The van der Waals surface area contributed by atoms with Crippen LogP contribution in [0.3, 0.4) is 0 Å². The Morgan fingerprint density at radius 1 is 1.33 bits per heavy atom. The van der Waals surface area contributed by atoms with Crippen LogP contribution >= 0.6 is 11.6 Å². The van der Waals surface area contributed by atoms with Crippen molar-refractivity contribution in [3.05, 3.63) is 0 Å². The number of carbonyl (C=O) groups is 1. The average Bonchev–Trinajstić information content (AvgIpc) is 2.72. The molecule has 0 aromatic heterocycles.